The Balaban J connectivity index is 1.49. The van der Waals surface area contributed by atoms with Crippen LogP contribution in [0.5, 0.6) is 0 Å². The van der Waals surface area contributed by atoms with Crippen LogP contribution in [-0.2, 0) is 0 Å². The van der Waals surface area contributed by atoms with Gasteiger partial charge in [0.15, 0.2) is 0 Å². The van der Waals surface area contributed by atoms with Gasteiger partial charge in [0.1, 0.15) is 0 Å². The Labute approximate surface area is 189 Å². The average molecular weight is 439 g/mol. The normalized spacial score (nSPS) is 11.4. The highest BCUT2D eigenvalue weighted by Crippen LogP contribution is 2.26. The van der Waals surface area contributed by atoms with Crippen molar-refractivity contribution in [3.05, 3.63) is 101 Å². The van der Waals surface area contributed by atoms with Gasteiger partial charge in [-0.1, -0.05) is 60.1 Å². The Morgan fingerprint density at radius 3 is 2.53 bits per heavy atom. The fourth-order valence-corrected chi connectivity index (χ4v) is 3.94. The average Bonchev–Trinajstić information content (AvgIpc) is 3.14. The van der Waals surface area contributed by atoms with E-state index in [2.05, 4.69) is 15.5 Å². The third-order valence-corrected chi connectivity index (χ3v) is 5.66. The smallest absolute Gasteiger partial charge is 0.272 e. The highest BCUT2D eigenvalue weighted by Gasteiger charge is 2.14. The second kappa shape index (κ2) is 8.29. The molecule has 0 bridgehead atoms. The maximum Gasteiger partial charge on any atom is 0.272 e. The summed E-state index contributed by atoms with van der Waals surface area (Å²) in [7, 11) is 0. The monoisotopic (exact) mass is 438 g/mol. The highest BCUT2D eigenvalue weighted by atomic mass is 35.5. The van der Waals surface area contributed by atoms with Crippen LogP contribution in [-0.4, -0.2) is 22.1 Å². The van der Waals surface area contributed by atoms with Crippen LogP contribution < -0.4 is 5.43 Å². The standard InChI is InChI=1S/C26H19ClN4O/c1-16-22(20-7-3-4-8-23(20)29-16)15-28-31-26(32)21-14-25(17-10-12-18(27)13-11-17)30-24-9-5-2-6-19(21)24/h2-15,29H,1H3,(H,31,32)/b28-15+. The molecular weight excluding hydrogens is 420 g/mol. The van der Waals surface area contributed by atoms with Crippen molar-refractivity contribution >= 4 is 45.5 Å². The number of aromatic nitrogens is 2. The van der Waals surface area contributed by atoms with Crippen LogP contribution in [0.25, 0.3) is 33.1 Å². The summed E-state index contributed by atoms with van der Waals surface area (Å²) in [4.78, 5) is 21.1. The zero-order valence-corrected chi connectivity index (χ0v) is 18.0. The molecule has 0 aliphatic rings. The van der Waals surface area contributed by atoms with Gasteiger partial charge in [-0.15, -0.1) is 0 Å². The maximum atomic E-state index is 13.1. The first-order chi connectivity index (χ1) is 15.6. The topological polar surface area (TPSA) is 70.1 Å². The number of benzene rings is 3. The number of hydrogen-bond acceptors (Lipinski definition) is 3. The Morgan fingerprint density at radius 2 is 1.72 bits per heavy atom. The van der Waals surface area contributed by atoms with Crippen molar-refractivity contribution < 1.29 is 4.79 Å². The van der Waals surface area contributed by atoms with Gasteiger partial charge in [-0.2, -0.15) is 5.10 Å². The molecule has 5 aromatic rings. The summed E-state index contributed by atoms with van der Waals surface area (Å²) in [6.07, 6.45) is 1.68. The lowest BCUT2D eigenvalue weighted by Crippen LogP contribution is -2.18. The number of aryl methyl sites for hydroxylation is 1. The van der Waals surface area contributed by atoms with E-state index in [9.17, 15) is 4.79 Å². The first-order valence-electron chi connectivity index (χ1n) is 10.2. The van der Waals surface area contributed by atoms with Gasteiger partial charge >= 0.3 is 0 Å². The Bertz CT molecular complexity index is 1490. The molecule has 0 unspecified atom stereocenters. The molecule has 2 heterocycles. The fraction of sp³-hybridized carbons (Fsp3) is 0.0385. The van der Waals surface area contributed by atoms with Crippen LogP contribution >= 0.6 is 11.6 Å². The third kappa shape index (κ3) is 3.74. The number of halogens is 1. The predicted octanol–water partition coefficient (Wildman–Crippen LogP) is 6.11. The van der Waals surface area contributed by atoms with Crippen molar-refractivity contribution in [1.82, 2.24) is 15.4 Å². The molecule has 3 aromatic carbocycles. The van der Waals surface area contributed by atoms with E-state index in [4.69, 9.17) is 16.6 Å². The van der Waals surface area contributed by atoms with Crippen molar-refractivity contribution in [3.63, 3.8) is 0 Å². The number of H-pyrrole nitrogens is 1. The Hall–Kier alpha value is -3.96. The van der Waals surface area contributed by atoms with Crippen molar-refractivity contribution in [1.29, 1.82) is 0 Å². The van der Waals surface area contributed by atoms with Gasteiger partial charge in [0.2, 0.25) is 0 Å². The molecule has 0 saturated heterocycles. The maximum absolute atomic E-state index is 13.1. The van der Waals surface area contributed by atoms with Crippen molar-refractivity contribution in [2.24, 2.45) is 5.10 Å². The quantitative estimate of drug-likeness (QED) is 0.262. The summed E-state index contributed by atoms with van der Waals surface area (Å²) < 4.78 is 0. The molecule has 0 atom stereocenters. The highest BCUT2D eigenvalue weighted by molar-refractivity contribution is 6.30. The number of rotatable bonds is 4. The van der Waals surface area contributed by atoms with E-state index in [1.54, 1.807) is 24.4 Å². The van der Waals surface area contributed by atoms with Gasteiger partial charge in [-0.25, -0.2) is 10.4 Å². The lowest BCUT2D eigenvalue weighted by Gasteiger charge is -2.09. The molecule has 0 radical (unpaired) electrons. The molecule has 0 aliphatic heterocycles. The van der Waals surface area contributed by atoms with Gasteiger partial charge in [0.05, 0.1) is 23.0 Å². The number of fused-ring (bicyclic) bond motifs is 2. The number of nitrogens with one attached hydrogen (secondary N) is 2. The van der Waals surface area contributed by atoms with Gasteiger partial charge in [0.25, 0.3) is 5.91 Å². The van der Waals surface area contributed by atoms with E-state index in [0.717, 1.165) is 38.6 Å². The largest absolute Gasteiger partial charge is 0.358 e. The van der Waals surface area contributed by atoms with Crippen LogP contribution in [0.2, 0.25) is 5.02 Å². The SMILES string of the molecule is Cc1[nH]c2ccccc2c1/C=N/NC(=O)c1cc(-c2ccc(Cl)cc2)nc2ccccc12. The van der Waals surface area contributed by atoms with E-state index in [0.29, 0.717) is 16.3 Å². The van der Waals surface area contributed by atoms with Crippen LogP contribution in [0.3, 0.4) is 0 Å². The molecule has 5 rings (SSSR count). The molecule has 0 fully saturated rings. The minimum atomic E-state index is -0.299. The molecule has 0 aliphatic carbocycles. The van der Waals surface area contributed by atoms with Crippen molar-refractivity contribution in [2.45, 2.75) is 6.92 Å². The molecule has 2 aromatic heterocycles. The number of amides is 1. The van der Waals surface area contributed by atoms with E-state index in [1.165, 1.54) is 0 Å². The summed E-state index contributed by atoms with van der Waals surface area (Å²) in [6.45, 7) is 1.98. The lowest BCUT2D eigenvalue weighted by molar-refractivity contribution is 0.0956. The zero-order chi connectivity index (χ0) is 22.1. The van der Waals surface area contributed by atoms with E-state index >= 15 is 0 Å². The number of hydrogen-bond donors (Lipinski definition) is 2. The summed E-state index contributed by atoms with van der Waals surface area (Å²) in [5.41, 5.74) is 8.47. The Kier molecular flexibility index (Phi) is 5.17. The molecule has 2 N–H and O–H groups in total. The molecule has 5 nitrogen and oxygen atoms in total. The molecular formula is C26H19ClN4O. The van der Waals surface area contributed by atoms with Crippen LogP contribution in [0.15, 0.2) is 84.0 Å². The number of carbonyl (C=O) groups excluding carboxylic acids is 1. The van der Waals surface area contributed by atoms with Crippen molar-refractivity contribution in [3.8, 4) is 11.3 Å². The predicted molar refractivity (Wildman–Crippen MR) is 130 cm³/mol. The first-order valence-corrected chi connectivity index (χ1v) is 10.5. The molecule has 6 heteroatoms. The van der Waals surface area contributed by atoms with Gasteiger partial charge < -0.3 is 4.98 Å². The number of aromatic amines is 1. The van der Waals surface area contributed by atoms with Gasteiger partial charge in [-0.3, -0.25) is 4.79 Å². The third-order valence-electron chi connectivity index (χ3n) is 5.40. The number of pyridine rings is 1. The van der Waals surface area contributed by atoms with Crippen LogP contribution in [0, 0.1) is 6.92 Å². The second-order valence-electron chi connectivity index (χ2n) is 7.49. The molecule has 0 saturated carbocycles. The number of hydrazone groups is 1. The van der Waals surface area contributed by atoms with Gasteiger partial charge in [-0.05, 0) is 37.3 Å². The molecule has 1 amide bonds. The van der Waals surface area contributed by atoms with Crippen LogP contribution in [0.4, 0.5) is 0 Å². The lowest BCUT2D eigenvalue weighted by atomic mass is 10.0. The molecule has 156 valence electrons. The number of carbonyl (C=O) groups is 1. The first kappa shape index (κ1) is 20.0. The number of nitrogens with zero attached hydrogens (tertiary/aromatic N) is 2. The molecule has 32 heavy (non-hydrogen) atoms. The fourth-order valence-electron chi connectivity index (χ4n) is 3.81. The number of para-hydroxylation sites is 2. The van der Waals surface area contributed by atoms with E-state index in [-0.39, 0.29) is 5.91 Å². The van der Waals surface area contributed by atoms with Gasteiger partial charge in [0, 0.05) is 38.1 Å². The second-order valence-corrected chi connectivity index (χ2v) is 7.92. The summed E-state index contributed by atoms with van der Waals surface area (Å²) in [5, 5.41) is 6.71. The van der Waals surface area contributed by atoms with E-state index in [1.807, 2.05) is 67.6 Å². The minimum absolute atomic E-state index is 0.299. The minimum Gasteiger partial charge on any atom is -0.358 e. The van der Waals surface area contributed by atoms with E-state index < -0.39 is 0 Å². The van der Waals surface area contributed by atoms with Crippen molar-refractivity contribution in [2.75, 3.05) is 0 Å². The Morgan fingerprint density at radius 1 is 1.00 bits per heavy atom. The summed E-state index contributed by atoms with van der Waals surface area (Å²) in [6, 6.07) is 24.7. The zero-order valence-electron chi connectivity index (χ0n) is 17.3. The van der Waals surface area contributed by atoms with Crippen LogP contribution in [0.1, 0.15) is 21.6 Å². The molecule has 0 spiro atoms. The summed E-state index contributed by atoms with van der Waals surface area (Å²) >= 11 is 6.02. The summed E-state index contributed by atoms with van der Waals surface area (Å²) in [5.74, 6) is -0.299.